The molecule has 0 radical (unpaired) electrons. The van der Waals surface area contributed by atoms with Gasteiger partial charge in [-0.15, -0.1) is 0 Å². The minimum Gasteiger partial charge on any atom is -0.378 e. The second-order valence-electron chi connectivity index (χ2n) is 10.7. The molecule has 2 saturated heterocycles. The average Bonchev–Trinajstić information content (AvgIpc) is 2.87. The monoisotopic (exact) mass is 508 g/mol. The van der Waals surface area contributed by atoms with Crippen LogP contribution in [0, 0.1) is 0 Å². The largest absolute Gasteiger partial charge is 0.378 e. The minimum absolute atomic E-state index is 0.183. The molecule has 5 heterocycles. The maximum atomic E-state index is 15.1. The molecule has 2 aliphatic heterocycles. The Kier molecular flexibility index (Phi) is 7.13. The summed E-state index contributed by atoms with van der Waals surface area (Å²) in [4.78, 5) is 25.2. The molecule has 10 heteroatoms. The van der Waals surface area contributed by atoms with Crippen molar-refractivity contribution in [2.75, 3.05) is 62.1 Å². The van der Waals surface area contributed by atoms with E-state index in [1.165, 1.54) is 5.56 Å². The number of ether oxygens (including phenoxy) is 1. The van der Waals surface area contributed by atoms with Crippen molar-refractivity contribution < 1.29 is 9.13 Å². The number of nitrogens with one attached hydrogen (secondary N) is 1. The van der Waals surface area contributed by atoms with Gasteiger partial charge in [0.1, 0.15) is 17.5 Å². The molecule has 198 valence electrons. The molecule has 2 fully saturated rings. The zero-order chi connectivity index (χ0) is 26.2. The van der Waals surface area contributed by atoms with E-state index in [0.29, 0.717) is 36.5 Å². The van der Waals surface area contributed by atoms with E-state index < -0.39 is 11.8 Å². The maximum absolute atomic E-state index is 15.1. The van der Waals surface area contributed by atoms with Crippen LogP contribution in [0.5, 0.6) is 0 Å². The summed E-state index contributed by atoms with van der Waals surface area (Å²) >= 11 is 0. The number of anilines is 4. The number of halogens is 1. The van der Waals surface area contributed by atoms with Gasteiger partial charge in [0.05, 0.1) is 19.3 Å². The normalized spacial score (nSPS) is 23.2. The third-order valence-electron chi connectivity index (χ3n) is 7.38. The van der Waals surface area contributed by atoms with E-state index in [1.807, 2.05) is 17.3 Å². The van der Waals surface area contributed by atoms with Gasteiger partial charge < -0.3 is 19.9 Å². The van der Waals surface area contributed by atoms with E-state index >= 15 is 4.39 Å². The lowest BCUT2D eigenvalue weighted by molar-refractivity contribution is -0.0381. The Labute approximate surface area is 218 Å². The summed E-state index contributed by atoms with van der Waals surface area (Å²) in [5.41, 5.74) is -0.289. The first-order valence-corrected chi connectivity index (χ1v) is 13.0. The molecular weight excluding hydrogens is 471 g/mol. The molecule has 1 N–H and O–H groups in total. The predicted molar refractivity (Wildman–Crippen MR) is 146 cm³/mol. The number of methoxy groups -OCH3 is 1. The van der Waals surface area contributed by atoms with Crippen LogP contribution in [0.4, 0.5) is 27.8 Å². The van der Waals surface area contributed by atoms with Gasteiger partial charge in [0.15, 0.2) is 5.67 Å². The molecule has 0 aromatic carbocycles. The first-order valence-electron chi connectivity index (χ1n) is 13.0. The first kappa shape index (κ1) is 25.5. The lowest BCUT2D eigenvalue weighted by Gasteiger charge is -2.40. The van der Waals surface area contributed by atoms with Crippen LogP contribution in [0.2, 0.25) is 0 Å². The molecule has 37 heavy (non-hydrogen) atoms. The van der Waals surface area contributed by atoms with E-state index in [4.69, 9.17) is 14.7 Å². The van der Waals surface area contributed by atoms with Crippen molar-refractivity contribution in [3.63, 3.8) is 0 Å². The van der Waals surface area contributed by atoms with Crippen LogP contribution in [0.15, 0.2) is 30.7 Å². The van der Waals surface area contributed by atoms with Crippen LogP contribution >= 0.6 is 0 Å². The second-order valence-corrected chi connectivity index (χ2v) is 10.7. The molecule has 2 aliphatic rings. The highest BCUT2D eigenvalue weighted by atomic mass is 19.1. The second kappa shape index (κ2) is 10.3. The van der Waals surface area contributed by atoms with Crippen LogP contribution in [-0.2, 0) is 4.74 Å². The van der Waals surface area contributed by atoms with Crippen molar-refractivity contribution in [3.8, 4) is 0 Å². The Morgan fingerprint density at radius 2 is 1.92 bits per heavy atom. The summed E-state index contributed by atoms with van der Waals surface area (Å²) in [6, 6.07) is 3.88. The van der Waals surface area contributed by atoms with E-state index in [0.717, 1.165) is 42.8 Å². The third kappa shape index (κ3) is 5.31. The topological polar surface area (TPSA) is 82.5 Å². The SMILES string of the molecule is CO[C@@H]1CCN(c2nccc(Nc3cc4c(C(C)C)cnc(N5CCCN(C)C5)c4cn3)n2)C[C@]1(C)F. The summed E-state index contributed by atoms with van der Waals surface area (Å²) < 4.78 is 20.4. The number of nitrogens with zero attached hydrogens (tertiary/aromatic N) is 7. The molecule has 2 atom stereocenters. The summed E-state index contributed by atoms with van der Waals surface area (Å²) in [5, 5.41) is 5.53. The molecule has 3 aromatic heterocycles. The fourth-order valence-electron chi connectivity index (χ4n) is 5.42. The number of alkyl halides is 1. The summed E-state index contributed by atoms with van der Waals surface area (Å²) in [6.07, 6.45) is 6.87. The highest BCUT2D eigenvalue weighted by Gasteiger charge is 2.41. The van der Waals surface area contributed by atoms with Crippen LogP contribution in [-0.4, -0.2) is 83.6 Å². The number of fused-ring (bicyclic) bond motifs is 1. The summed E-state index contributed by atoms with van der Waals surface area (Å²) in [7, 11) is 3.70. The van der Waals surface area contributed by atoms with Gasteiger partial charge in [0, 0.05) is 50.7 Å². The smallest absolute Gasteiger partial charge is 0.227 e. The van der Waals surface area contributed by atoms with Crippen molar-refractivity contribution in [1.29, 1.82) is 0 Å². The lowest BCUT2D eigenvalue weighted by Crippen LogP contribution is -2.53. The van der Waals surface area contributed by atoms with Gasteiger partial charge in [-0.1, -0.05) is 13.8 Å². The summed E-state index contributed by atoms with van der Waals surface area (Å²) in [5.74, 6) is 3.10. The quantitative estimate of drug-likeness (QED) is 0.523. The van der Waals surface area contributed by atoms with Crippen LogP contribution in [0.3, 0.4) is 0 Å². The molecular formula is C27H37FN8O. The lowest BCUT2D eigenvalue weighted by atomic mass is 9.93. The molecule has 3 aromatic rings. The van der Waals surface area contributed by atoms with E-state index in [1.54, 1.807) is 26.3 Å². The molecule has 0 bridgehead atoms. The Morgan fingerprint density at radius 3 is 2.65 bits per heavy atom. The van der Waals surface area contributed by atoms with Gasteiger partial charge >= 0.3 is 0 Å². The number of piperidine rings is 1. The fraction of sp³-hybridized carbons (Fsp3) is 0.556. The number of aromatic nitrogens is 4. The van der Waals surface area contributed by atoms with Gasteiger partial charge in [-0.3, -0.25) is 4.90 Å². The van der Waals surface area contributed by atoms with Gasteiger partial charge in [-0.25, -0.2) is 19.3 Å². The highest BCUT2D eigenvalue weighted by Crippen LogP contribution is 2.34. The Balaban J connectivity index is 1.42. The van der Waals surface area contributed by atoms with Crippen LogP contribution in [0.25, 0.3) is 10.8 Å². The van der Waals surface area contributed by atoms with Crippen molar-refractivity contribution >= 4 is 34.2 Å². The zero-order valence-corrected chi connectivity index (χ0v) is 22.4. The molecule has 5 rings (SSSR count). The zero-order valence-electron chi connectivity index (χ0n) is 22.4. The molecule has 0 unspecified atom stereocenters. The van der Waals surface area contributed by atoms with E-state index in [-0.39, 0.29) is 6.54 Å². The van der Waals surface area contributed by atoms with Gasteiger partial charge in [0.2, 0.25) is 5.95 Å². The number of rotatable bonds is 6. The number of pyridine rings is 2. The van der Waals surface area contributed by atoms with Gasteiger partial charge in [0.25, 0.3) is 0 Å². The number of hydrogen-bond acceptors (Lipinski definition) is 9. The van der Waals surface area contributed by atoms with Crippen molar-refractivity contribution in [3.05, 3.63) is 36.3 Å². The Hall–Kier alpha value is -3.11. The van der Waals surface area contributed by atoms with Gasteiger partial charge in [-0.2, -0.15) is 4.98 Å². The molecule has 0 amide bonds. The average molecular weight is 509 g/mol. The van der Waals surface area contributed by atoms with Crippen LogP contribution in [0.1, 0.15) is 45.1 Å². The Bertz CT molecular complexity index is 1250. The molecule has 0 aliphatic carbocycles. The predicted octanol–water partition coefficient (Wildman–Crippen LogP) is 4.34. The van der Waals surface area contributed by atoms with E-state index in [9.17, 15) is 0 Å². The molecule has 0 saturated carbocycles. The highest BCUT2D eigenvalue weighted by molar-refractivity contribution is 5.95. The van der Waals surface area contributed by atoms with Crippen LogP contribution < -0.4 is 15.1 Å². The maximum Gasteiger partial charge on any atom is 0.227 e. The summed E-state index contributed by atoms with van der Waals surface area (Å²) in [6.45, 7) is 9.69. The van der Waals surface area contributed by atoms with E-state index in [2.05, 4.69) is 52.0 Å². The Morgan fingerprint density at radius 1 is 1.08 bits per heavy atom. The standard InChI is InChI=1S/C27H37FN8O/c1-18(2)20-14-31-25(36-11-6-10-34(4)17-36)21-15-30-24(13-19(20)21)32-23-7-9-29-26(33-23)35-12-8-22(37-5)27(3,28)16-35/h7,9,13-15,18,22H,6,8,10-12,16-17H2,1-5H3,(H,29,30,32,33)/t22-,27+/m1/s1. The number of hydrogen-bond donors (Lipinski definition) is 1. The van der Waals surface area contributed by atoms with Gasteiger partial charge in [-0.05, 0) is 55.8 Å². The van der Waals surface area contributed by atoms with Crippen molar-refractivity contribution in [2.45, 2.75) is 51.3 Å². The first-order chi connectivity index (χ1) is 17.7. The minimum atomic E-state index is -1.47. The van der Waals surface area contributed by atoms with Crippen molar-refractivity contribution in [2.24, 2.45) is 0 Å². The molecule has 0 spiro atoms. The fourth-order valence-corrected chi connectivity index (χ4v) is 5.42. The third-order valence-corrected chi connectivity index (χ3v) is 7.38. The van der Waals surface area contributed by atoms with Crippen molar-refractivity contribution in [1.82, 2.24) is 24.8 Å². The molecule has 9 nitrogen and oxygen atoms in total.